The fourth-order valence-electron chi connectivity index (χ4n) is 2.56. The molecule has 0 aliphatic carbocycles. The van der Waals surface area contributed by atoms with Crippen molar-refractivity contribution in [2.24, 2.45) is 5.92 Å². The van der Waals surface area contributed by atoms with Gasteiger partial charge < -0.3 is 15.4 Å². The second kappa shape index (κ2) is 6.41. The maximum atomic E-state index is 11.5. The van der Waals surface area contributed by atoms with E-state index in [9.17, 15) is 4.79 Å². The molecule has 0 radical (unpaired) electrons. The van der Waals surface area contributed by atoms with Gasteiger partial charge in [0.1, 0.15) is 0 Å². The lowest BCUT2D eigenvalue weighted by atomic mass is 9.98. The highest BCUT2D eigenvalue weighted by atomic mass is 32.1. The average Bonchev–Trinajstić information content (AvgIpc) is 2.95. The zero-order valence-electron chi connectivity index (χ0n) is 12.0. The summed E-state index contributed by atoms with van der Waals surface area (Å²) in [5.74, 6) is 0.401. The fraction of sp³-hybridized carbons (Fsp3) is 0.467. The number of anilines is 1. The summed E-state index contributed by atoms with van der Waals surface area (Å²) < 4.78 is 5.75. The predicted molar refractivity (Wildman–Crippen MR) is 85.0 cm³/mol. The molecule has 0 unspecified atom stereocenters. The molecule has 5 nitrogen and oxygen atoms in total. The number of rotatable bonds is 4. The molecular formula is C15H19N3O2S. The molecule has 21 heavy (non-hydrogen) atoms. The number of nitrogens with zero attached hydrogens (tertiary/aromatic N) is 1. The minimum atomic E-state index is -0.311. The molecular weight excluding hydrogens is 286 g/mol. The van der Waals surface area contributed by atoms with Crippen LogP contribution in [-0.4, -0.2) is 37.7 Å². The highest BCUT2D eigenvalue weighted by molar-refractivity contribution is 7.22. The molecule has 2 heterocycles. The third kappa shape index (κ3) is 3.33. The van der Waals surface area contributed by atoms with Crippen molar-refractivity contribution < 1.29 is 9.53 Å². The zero-order valence-corrected chi connectivity index (χ0v) is 12.8. The largest absolute Gasteiger partial charge is 0.465 e. The van der Waals surface area contributed by atoms with Gasteiger partial charge in [0.15, 0.2) is 5.13 Å². The number of aromatic nitrogens is 1. The highest BCUT2D eigenvalue weighted by Gasteiger charge is 2.14. The Balaban J connectivity index is 1.70. The Morgan fingerprint density at radius 2 is 2.29 bits per heavy atom. The van der Waals surface area contributed by atoms with Crippen LogP contribution in [-0.2, 0) is 4.74 Å². The molecule has 2 N–H and O–H groups in total. The van der Waals surface area contributed by atoms with Crippen molar-refractivity contribution in [1.29, 1.82) is 0 Å². The number of hydrogen-bond donors (Lipinski definition) is 2. The van der Waals surface area contributed by atoms with Gasteiger partial charge in [-0.25, -0.2) is 9.78 Å². The first-order valence-corrected chi connectivity index (χ1v) is 8.01. The second-order valence-electron chi connectivity index (χ2n) is 5.27. The molecule has 0 atom stereocenters. The van der Waals surface area contributed by atoms with Crippen LogP contribution in [0.5, 0.6) is 0 Å². The van der Waals surface area contributed by atoms with Crippen LogP contribution < -0.4 is 10.6 Å². The average molecular weight is 305 g/mol. The quantitative estimate of drug-likeness (QED) is 0.850. The van der Waals surface area contributed by atoms with Crippen LogP contribution in [0.4, 0.5) is 5.13 Å². The molecule has 0 spiro atoms. The molecule has 1 aliphatic heterocycles. The molecule has 3 rings (SSSR count). The van der Waals surface area contributed by atoms with E-state index in [4.69, 9.17) is 4.74 Å². The number of hydrogen-bond acceptors (Lipinski definition) is 6. The predicted octanol–water partition coefficient (Wildman–Crippen LogP) is 2.49. The topological polar surface area (TPSA) is 63.2 Å². The molecule has 1 aromatic heterocycles. The molecule has 0 bridgehead atoms. The third-order valence-corrected chi connectivity index (χ3v) is 4.79. The van der Waals surface area contributed by atoms with Gasteiger partial charge >= 0.3 is 5.97 Å². The molecule has 1 aliphatic rings. The SMILES string of the molecule is COC(=O)c1ccc2nc(NCC3CCNCC3)sc2c1. The summed E-state index contributed by atoms with van der Waals surface area (Å²) in [4.78, 5) is 16.1. The first kappa shape index (κ1) is 14.3. The van der Waals surface area contributed by atoms with E-state index >= 15 is 0 Å². The second-order valence-corrected chi connectivity index (χ2v) is 6.30. The number of piperidine rings is 1. The van der Waals surface area contributed by atoms with Crippen molar-refractivity contribution in [3.63, 3.8) is 0 Å². The molecule has 2 aromatic rings. The van der Waals surface area contributed by atoms with E-state index in [2.05, 4.69) is 15.6 Å². The van der Waals surface area contributed by atoms with Crippen molar-refractivity contribution in [3.05, 3.63) is 23.8 Å². The molecule has 6 heteroatoms. The minimum Gasteiger partial charge on any atom is -0.465 e. The summed E-state index contributed by atoms with van der Waals surface area (Å²) in [5, 5.41) is 7.72. The Labute approximate surface area is 127 Å². The maximum absolute atomic E-state index is 11.5. The van der Waals surface area contributed by atoms with Gasteiger partial charge in [0.25, 0.3) is 0 Å². The van der Waals surface area contributed by atoms with E-state index in [0.717, 1.165) is 35.0 Å². The van der Waals surface area contributed by atoms with E-state index in [1.54, 1.807) is 17.4 Å². The number of fused-ring (bicyclic) bond motifs is 1. The molecule has 1 saturated heterocycles. The molecule has 1 aromatic carbocycles. The van der Waals surface area contributed by atoms with E-state index in [1.165, 1.54) is 20.0 Å². The van der Waals surface area contributed by atoms with Crippen LogP contribution in [0, 0.1) is 5.92 Å². The van der Waals surface area contributed by atoms with Gasteiger partial charge in [-0.3, -0.25) is 0 Å². The summed E-state index contributed by atoms with van der Waals surface area (Å²) in [6, 6.07) is 5.47. The Morgan fingerprint density at radius 3 is 3.05 bits per heavy atom. The van der Waals surface area contributed by atoms with E-state index in [1.807, 2.05) is 12.1 Å². The molecule has 112 valence electrons. The van der Waals surface area contributed by atoms with Crippen LogP contribution in [0.1, 0.15) is 23.2 Å². The number of nitrogens with one attached hydrogen (secondary N) is 2. The van der Waals surface area contributed by atoms with Crippen LogP contribution in [0.3, 0.4) is 0 Å². The molecule has 1 fully saturated rings. The summed E-state index contributed by atoms with van der Waals surface area (Å²) >= 11 is 1.58. The minimum absolute atomic E-state index is 0.311. The van der Waals surface area contributed by atoms with E-state index < -0.39 is 0 Å². The lowest BCUT2D eigenvalue weighted by Gasteiger charge is -2.22. The lowest BCUT2D eigenvalue weighted by molar-refractivity contribution is 0.0601. The summed E-state index contributed by atoms with van der Waals surface area (Å²) in [7, 11) is 1.39. The van der Waals surface area contributed by atoms with E-state index in [-0.39, 0.29) is 5.97 Å². The number of carbonyl (C=O) groups is 1. The smallest absolute Gasteiger partial charge is 0.337 e. The number of benzene rings is 1. The number of ether oxygens (including phenoxy) is 1. The van der Waals surface area contributed by atoms with Crippen LogP contribution in [0.15, 0.2) is 18.2 Å². The molecule has 0 saturated carbocycles. The van der Waals surface area contributed by atoms with Crippen LogP contribution in [0.2, 0.25) is 0 Å². The van der Waals surface area contributed by atoms with Crippen molar-refractivity contribution in [2.45, 2.75) is 12.8 Å². The van der Waals surface area contributed by atoms with E-state index in [0.29, 0.717) is 11.5 Å². The zero-order chi connectivity index (χ0) is 14.7. The number of thiazole rings is 1. The molecule has 0 amide bonds. The first-order valence-electron chi connectivity index (χ1n) is 7.20. The lowest BCUT2D eigenvalue weighted by Crippen LogP contribution is -2.31. The van der Waals surface area contributed by atoms with Crippen LogP contribution in [0.25, 0.3) is 10.2 Å². The Kier molecular flexibility index (Phi) is 4.36. The van der Waals surface area contributed by atoms with Gasteiger partial charge in [0, 0.05) is 6.54 Å². The third-order valence-electron chi connectivity index (χ3n) is 3.81. The van der Waals surface area contributed by atoms with Gasteiger partial charge in [0.2, 0.25) is 0 Å². The van der Waals surface area contributed by atoms with Gasteiger partial charge in [0.05, 0.1) is 22.9 Å². The Hall–Kier alpha value is -1.66. The summed E-state index contributed by atoms with van der Waals surface area (Å²) in [5.41, 5.74) is 1.49. The Morgan fingerprint density at radius 1 is 1.48 bits per heavy atom. The maximum Gasteiger partial charge on any atom is 0.337 e. The van der Waals surface area contributed by atoms with Gasteiger partial charge in [-0.1, -0.05) is 11.3 Å². The highest BCUT2D eigenvalue weighted by Crippen LogP contribution is 2.27. The number of esters is 1. The van der Waals surface area contributed by atoms with Crippen molar-refractivity contribution >= 4 is 32.7 Å². The monoisotopic (exact) mass is 305 g/mol. The van der Waals surface area contributed by atoms with Crippen molar-refractivity contribution in [3.8, 4) is 0 Å². The van der Waals surface area contributed by atoms with Gasteiger partial charge in [-0.2, -0.15) is 0 Å². The summed E-state index contributed by atoms with van der Waals surface area (Å²) in [6.07, 6.45) is 2.43. The summed E-state index contributed by atoms with van der Waals surface area (Å²) in [6.45, 7) is 3.18. The normalized spacial score (nSPS) is 16.0. The van der Waals surface area contributed by atoms with Gasteiger partial charge in [-0.15, -0.1) is 0 Å². The standard InChI is InChI=1S/C15H19N3O2S/c1-20-14(19)11-2-3-12-13(8-11)21-15(18-12)17-9-10-4-6-16-7-5-10/h2-3,8,10,16H,4-7,9H2,1H3,(H,17,18). The van der Waals surface area contributed by atoms with Gasteiger partial charge in [-0.05, 0) is 50.0 Å². The number of carbonyl (C=O) groups excluding carboxylic acids is 1. The van der Waals surface area contributed by atoms with Crippen LogP contribution >= 0.6 is 11.3 Å². The van der Waals surface area contributed by atoms with Crippen molar-refractivity contribution in [1.82, 2.24) is 10.3 Å². The Bertz CT molecular complexity index is 635. The van der Waals surface area contributed by atoms with Crippen molar-refractivity contribution in [2.75, 3.05) is 32.1 Å². The first-order chi connectivity index (χ1) is 10.3. The fourth-order valence-corrected chi connectivity index (χ4v) is 3.47. The number of methoxy groups -OCH3 is 1.